The Balaban J connectivity index is 3.91. The Bertz CT molecular complexity index is 224. The Kier molecular flexibility index (Phi) is 5.12. The topological polar surface area (TPSA) is 72.2 Å². The van der Waals surface area contributed by atoms with Crippen molar-refractivity contribution >= 4 is 9.84 Å². The first-order chi connectivity index (χ1) is 5.49. The molecule has 1 atom stereocenters. The second-order valence-corrected chi connectivity index (χ2v) is 5.01. The van der Waals surface area contributed by atoms with Crippen LogP contribution in [0, 0.1) is 0 Å². The van der Waals surface area contributed by atoms with Crippen LogP contribution < -0.4 is 11.3 Å². The molecular formula is C7H16N2O2S. The van der Waals surface area contributed by atoms with Crippen LogP contribution in [0.3, 0.4) is 0 Å². The van der Waals surface area contributed by atoms with Crippen LogP contribution in [0.25, 0.3) is 0 Å². The predicted molar refractivity (Wildman–Crippen MR) is 50.3 cm³/mol. The van der Waals surface area contributed by atoms with E-state index >= 15 is 0 Å². The standard InChI is InChI=1S/C7H16N2O2S/c1-3-4-5-7(9-8)6-12(2,10)11/h3,7,9H,1,4-6,8H2,2H3. The van der Waals surface area contributed by atoms with Crippen molar-refractivity contribution in [2.24, 2.45) is 5.84 Å². The molecule has 0 heterocycles. The van der Waals surface area contributed by atoms with Gasteiger partial charge in [-0.15, -0.1) is 6.58 Å². The van der Waals surface area contributed by atoms with E-state index < -0.39 is 9.84 Å². The first kappa shape index (κ1) is 11.6. The van der Waals surface area contributed by atoms with Crippen LogP contribution in [0.5, 0.6) is 0 Å². The summed E-state index contributed by atoms with van der Waals surface area (Å²) >= 11 is 0. The molecule has 4 nitrogen and oxygen atoms in total. The van der Waals surface area contributed by atoms with Gasteiger partial charge >= 0.3 is 0 Å². The zero-order valence-electron chi connectivity index (χ0n) is 7.29. The SMILES string of the molecule is C=CCCC(CS(C)(=O)=O)NN. The third kappa shape index (κ3) is 6.33. The fraction of sp³-hybridized carbons (Fsp3) is 0.714. The van der Waals surface area contributed by atoms with E-state index in [2.05, 4.69) is 12.0 Å². The van der Waals surface area contributed by atoms with Gasteiger partial charge in [0, 0.05) is 12.3 Å². The van der Waals surface area contributed by atoms with Crippen molar-refractivity contribution in [2.45, 2.75) is 18.9 Å². The van der Waals surface area contributed by atoms with Crippen molar-refractivity contribution in [3.8, 4) is 0 Å². The summed E-state index contributed by atoms with van der Waals surface area (Å²) in [7, 11) is -2.94. The Labute approximate surface area is 73.7 Å². The fourth-order valence-electron chi connectivity index (χ4n) is 0.899. The highest BCUT2D eigenvalue weighted by molar-refractivity contribution is 7.90. The predicted octanol–water partition coefficient (Wildman–Crippen LogP) is -0.171. The van der Waals surface area contributed by atoms with Gasteiger partial charge in [-0.3, -0.25) is 11.3 Å². The summed E-state index contributed by atoms with van der Waals surface area (Å²) in [6.45, 7) is 3.55. The van der Waals surface area contributed by atoms with Crippen molar-refractivity contribution in [3.63, 3.8) is 0 Å². The van der Waals surface area contributed by atoms with Crippen LogP contribution in [0.1, 0.15) is 12.8 Å². The molecular weight excluding hydrogens is 176 g/mol. The van der Waals surface area contributed by atoms with Gasteiger partial charge in [-0.25, -0.2) is 8.42 Å². The Morgan fingerprint density at radius 1 is 1.67 bits per heavy atom. The number of allylic oxidation sites excluding steroid dienone is 1. The number of nitrogens with two attached hydrogens (primary N) is 1. The summed E-state index contributed by atoms with van der Waals surface area (Å²) in [6, 6.07) is -0.169. The quantitative estimate of drug-likeness (QED) is 0.348. The molecule has 0 aromatic heterocycles. The first-order valence-electron chi connectivity index (χ1n) is 3.74. The molecule has 0 bridgehead atoms. The van der Waals surface area contributed by atoms with E-state index in [1.54, 1.807) is 6.08 Å². The molecule has 1 unspecified atom stereocenters. The molecule has 0 saturated heterocycles. The molecule has 0 rings (SSSR count). The Morgan fingerprint density at radius 3 is 2.58 bits per heavy atom. The van der Waals surface area contributed by atoms with E-state index in [-0.39, 0.29) is 11.8 Å². The first-order valence-corrected chi connectivity index (χ1v) is 5.80. The molecule has 0 aromatic rings. The zero-order valence-corrected chi connectivity index (χ0v) is 8.10. The summed E-state index contributed by atoms with van der Waals surface area (Å²) < 4.78 is 21.7. The molecule has 0 amide bonds. The lowest BCUT2D eigenvalue weighted by Gasteiger charge is -2.12. The number of nitrogens with one attached hydrogen (secondary N) is 1. The molecule has 0 aliphatic carbocycles. The van der Waals surface area contributed by atoms with Crippen LogP contribution in [0.4, 0.5) is 0 Å². The van der Waals surface area contributed by atoms with Crippen LogP contribution >= 0.6 is 0 Å². The molecule has 0 aliphatic heterocycles. The lowest BCUT2D eigenvalue weighted by Crippen LogP contribution is -2.39. The number of rotatable bonds is 6. The molecule has 72 valence electrons. The van der Waals surface area contributed by atoms with Gasteiger partial charge < -0.3 is 0 Å². The molecule has 0 saturated carbocycles. The molecule has 0 aromatic carbocycles. The minimum atomic E-state index is -2.94. The largest absolute Gasteiger partial charge is 0.271 e. The minimum absolute atomic E-state index is 0.0807. The van der Waals surface area contributed by atoms with Crippen molar-refractivity contribution in [3.05, 3.63) is 12.7 Å². The van der Waals surface area contributed by atoms with Crippen molar-refractivity contribution in [2.75, 3.05) is 12.0 Å². The van der Waals surface area contributed by atoms with E-state index in [0.29, 0.717) is 6.42 Å². The lowest BCUT2D eigenvalue weighted by atomic mass is 10.2. The van der Waals surface area contributed by atoms with E-state index in [1.807, 2.05) is 0 Å². The summed E-state index contributed by atoms with van der Waals surface area (Å²) in [5, 5.41) is 0. The molecule has 0 spiro atoms. The van der Waals surface area contributed by atoms with Crippen LogP contribution in [-0.2, 0) is 9.84 Å². The monoisotopic (exact) mass is 192 g/mol. The number of hydrogen-bond donors (Lipinski definition) is 2. The van der Waals surface area contributed by atoms with Gasteiger partial charge in [-0.1, -0.05) is 6.08 Å². The van der Waals surface area contributed by atoms with Crippen molar-refractivity contribution < 1.29 is 8.42 Å². The third-order valence-corrected chi connectivity index (χ3v) is 2.47. The molecule has 0 radical (unpaired) electrons. The van der Waals surface area contributed by atoms with Gasteiger partial charge in [0.05, 0.1) is 5.75 Å². The number of sulfone groups is 1. The van der Waals surface area contributed by atoms with Crippen molar-refractivity contribution in [1.82, 2.24) is 5.43 Å². The Morgan fingerprint density at radius 2 is 2.25 bits per heavy atom. The molecule has 0 aliphatic rings. The normalized spacial score (nSPS) is 14.2. The zero-order chi connectivity index (χ0) is 9.61. The summed E-state index contributed by atoms with van der Waals surface area (Å²) in [4.78, 5) is 0. The smallest absolute Gasteiger partial charge is 0.149 e. The van der Waals surface area contributed by atoms with Gasteiger partial charge in [0.25, 0.3) is 0 Å². The van der Waals surface area contributed by atoms with E-state index in [0.717, 1.165) is 6.42 Å². The van der Waals surface area contributed by atoms with E-state index in [9.17, 15) is 8.42 Å². The van der Waals surface area contributed by atoms with Gasteiger partial charge in [0.2, 0.25) is 0 Å². The highest BCUT2D eigenvalue weighted by atomic mass is 32.2. The second kappa shape index (κ2) is 5.29. The highest BCUT2D eigenvalue weighted by Gasteiger charge is 2.12. The van der Waals surface area contributed by atoms with E-state index in [1.165, 1.54) is 6.26 Å². The molecule has 0 fully saturated rings. The van der Waals surface area contributed by atoms with Gasteiger partial charge in [-0.05, 0) is 12.8 Å². The number of hydrazine groups is 1. The fourth-order valence-corrected chi connectivity index (χ4v) is 1.89. The summed E-state index contributed by atoms with van der Waals surface area (Å²) in [5.74, 6) is 5.25. The molecule has 5 heteroatoms. The van der Waals surface area contributed by atoms with Gasteiger partial charge in [-0.2, -0.15) is 0 Å². The average molecular weight is 192 g/mol. The van der Waals surface area contributed by atoms with Gasteiger partial charge in [0.1, 0.15) is 9.84 Å². The maximum atomic E-state index is 10.8. The van der Waals surface area contributed by atoms with Crippen LogP contribution in [-0.4, -0.2) is 26.5 Å². The highest BCUT2D eigenvalue weighted by Crippen LogP contribution is 1.99. The number of hydrogen-bond acceptors (Lipinski definition) is 4. The summed E-state index contributed by atoms with van der Waals surface area (Å²) in [5.41, 5.74) is 2.47. The van der Waals surface area contributed by atoms with Crippen LogP contribution in [0.15, 0.2) is 12.7 Å². The summed E-state index contributed by atoms with van der Waals surface area (Å²) in [6.07, 6.45) is 4.41. The average Bonchev–Trinajstić information content (AvgIpc) is 1.95. The van der Waals surface area contributed by atoms with E-state index in [4.69, 9.17) is 5.84 Å². The third-order valence-electron chi connectivity index (χ3n) is 1.46. The van der Waals surface area contributed by atoms with Crippen molar-refractivity contribution in [1.29, 1.82) is 0 Å². The lowest BCUT2D eigenvalue weighted by molar-refractivity contribution is 0.523. The molecule has 12 heavy (non-hydrogen) atoms. The maximum absolute atomic E-state index is 10.8. The molecule has 3 N–H and O–H groups in total. The Hall–Kier alpha value is -0.390. The second-order valence-electron chi connectivity index (χ2n) is 2.82. The minimum Gasteiger partial charge on any atom is -0.271 e. The van der Waals surface area contributed by atoms with Gasteiger partial charge in [0.15, 0.2) is 0 Å². The maximum Gasteiger partial charge on any atom is 0.149 e. The van der Waals surface area contributed by atoms with Crippen LogP contribution in [0.2, 0.25) is 0 Å².